The summed E-state index contributed by atoms with van der Waals surface area (Å²) in [5.74, 6) is -1.46. The molecule has 7 heteroatoms. The minimum atomic E-state index is -0.619. The van der Waals surface area contributed by atoms with Gasteiger partial charge in [0.05, 0.1) is 11.9 Å². The molecule has 5 nitrogen and oxygen atoms in total. The number of carbonyl (C=O) groups is 1. The highest BCUT2D eigenvalue weighted by Gasteiger charge is 2.14. The van der Waals surface area contributed by atoms with Gasteiger partial charge >= 0.3 is 0 Å². The van der Waals surface area contributed by atoms with Crippen molar-refractivity contribution in [1.82, 2.24) is 4.98 Å². The molecule has 0 fully saturated rings. The van der Waals surface area contributed by atoms with Crippen LogP contribution in [0.5, 0.6) is 0 Å². The molecule has 1 amide bonds. The largest absolute Gasteiger partial charge is 0.370 e. The quantitative estimate of drug-likeness (QED) is 0.552. The molecule has 1 heterocycles. The third-order valence-electron chi connectivity index (χ3n) is 3.45. The zero-order valence-corrected chi connectivity index (χ0v) is 13.1. The van der Waals surface area contributed by atoms with Crippen molar-refractivity contribution in [3.05, 3.63) is 65.1 Å². The molecule has 0 saturated heterocycles. The van der Waals surface area contributed by atoms with Crippen molar-refractivity contribution in [2.24, 2.45) is 16.5 Å². The van der Waals surface area contributed by atoms with E-state index in [0.29, 0.717) is 27.1 Å². The number of halogens is 2. The predicted octanol–water partition coefficient (Wildman–Crippen LogP) is 3.11. The lowest BCUT2D eigenvalue weighted by atomic mass is 10.0. The van der Waals surface area contributed by atoms with Crippen LogP contribution in [0.1, 0.15) is 10.4 Å². The van der Waals surface area contributed by atoms with Crippen molar-refractivity contribution >= 4 is 34.2 Å². The Bertz CT molecular complexity index is 983. The van der Waals surface area contributed by atoms with Crippen LogP contribution in [-0.2, 0) is 0 Å². The Hall–Kier alpha value is -2.99. The summed E-state index contributed by atoms with van der Waals surface area (Å²) in [7, 11) is 0. The monoisotopic (exact) mass is 342 g/mol. The van der Waals surface area contributed by atoms with Crippen LogP contribution >= 0.6 is 11.6 Å². The van der Waals surface area contributed by atoms with E-state index in [1.165, 1.54) is 18.2 Å². The van der Waals surface area contributed by atoms with Crippen LogP contribution in [0.25, 0.3) is 22.0 Å². The van der Waals surface area contributed by atoms with Crippen molar-refractivity contribution in [3.63, 3.8) is 0 Å². The molecule has 24 heavy (non-hydrogen) atoms. The van der Waals surface area contributed by atoms with Crippen molar-refractivity contribution in [3.8, 4) is 11.3 Å². The third kappa shape index (κ3) is 2.91. The minimum absolute atomic E-state index is 0.219. The fraction of sp³-hybridized carbons (Fsp3) is 0. The highest BCUT2D eigenvalue weighted by molar-refractivity contribution is 6.33. The minimum Gasteiger partial charge on any atom is -0.370 e. The van der Waals surface area contributed by atoms with Gasteiger partial charge in [0.1, 0.15) is 5.82 Å². The van der Waals surface area contributed by atoms with Gasteiger partial charge in [-0.25, -0.2) is 4.39 Å². The number of hydrogen-bond acceptors (Lipinski definition) is 2. The van der Waals surface area contributed by atoms with E-state index >= 15 is 0 Å². The first-order chi connectivity index (χ1) is 11.5. The number of pyridine rings is 1. The summed E-state index contributed by atoms with van der Waals surface area (Å²) < 4.78 is 14.1. The molecule has 120 valence electrons. The number of fused-ring (bicyclic) bond motifs is 1. The van der Waals surface area contributed by atoms with E-state index in [4.69, 9.17) is 23.1 Å². The molecular formula is C17H12ClFN4O. The van der Waals surface area contributed by atoms with Gasteiger partial charge in [0.25, 0.3) is 5.91 Å². The second-order valence-corrected chi connectivity index (χ2v) is 5.44. The lowest BCUT2D eigenvalue weighted by Crippen LogP contribution is -2.24. The fourth-order valence-corrected chi connectivity index (χ4v) is 2.62. The van der Waals surface area contributed by atoms with Gasteiger partial charge in [-0.05, 0) is 18.2 Å². The summed E-state index contributed by atoms with van der Waals surface area (Å²) >= 11 is 6.21. The SMILES string of the molecule is NC(N)=NC(=O)c1ccc2c(F)cnc(-c3ccccc3Cl)c2c1. The summed E-state index contributed by atoms with van der Waals surface area (Å²) in [6.07, 6.45) is 1.12. The van der Waals surface area contributed by atoms with Gasteiger partial charge in [-0.2, -0.15) is 4.99 Å². The first-order valence-electron chi connectivity index (χ1n) is 6.94. The zero-order valence-electron chi connectivity index (χ0n) is 12.3. The molecule has 0 atom stereocenters. The Balaban J connectivity index is 2.27. The van der Waals surface area contributed by atoms with Crippen LogP contribution in [0, 0.1) is 5.82 Å². The van der Waals surface area contributed by atoms with Gasteiger partial charge in [0.2, 0.25) is 0 Å². The number of nitrogens with zero attached hydrogens (tertiary/aromatic N) is 2. The highest BCUT2D eigenvalue weighted by Crippen LogP contribution is 2.33. The smallest absolute Gasteiger partial charge is 0.280 e. The van der Waals surface area contributed by atoms with Gasteiger partial charge in [-0.15, -0.1) is 0 Å². The Kier molecular flexibility index (Phi) is 4.14. The molecule has 4 N–H and O–H groups in total. The fourth-order valence-electron chi connectivity index (χ4n) is 2.39. The number of nitrogens with two attached hydrogens (primary N) is 2. The number of amides is 1. The maximum atomic E-state index is 14.1. The van der Waals surface area contributed by atoms with E-state index in [2.05, 4.69) is 9.98 Å². The molecule has 3 rings (SSSR count). The highest BCUT2D eigenvalue weighted by atomic mass is 35.5. The van der Waals surface area contributed by atoms with E-state index < -0.39 is 11.7 Å². The Labute approximate surface area is 141 Å². The maximum absolute atomic E-state index is 14.1. The predicted molar refractivity (Wildman–Crippen MR) is 92.3 cm³/mol. The number of rotatable bonds is 2. The number of aromatic nitrogens is 1. The number of carbonyl (C=O) groups excluding carboxylic acids is 1. The summed E-state index contributed by atoms with van der Waals surface area (Å²) in [5.41, 5.74) is 11.8. The number of hydrogen-bond donors (Lipinski definition) is 2. The van der Waals surface area contributed by atoms with Gasteiger partial charge in [-0.1, -0.05) is 35.9 Å². The normalized spacial score (nSPS) is 10.6. The molecule has 0 aliphatic rings. The van der Waals surface area contributed by atoms with Gasteiger partial charge in [0, 0.05) is 26.9 Å². The summed E-state index contributed by atoms with van der Waals surface area (Å²) in [5, 5.41) is 1.24. The van der Waals surface area contributed by atoms with Crippen molar-refractivity contribution < 1.29 is 9.18 Å². The van der Waals surface area contributed by atoms with Crippen LogP contribution in [-0.4, -0.2) is 16.9 Å². The topological polar surface area (TPSA) is 94.4 Å². The van der Waals surface area contributed by atoms with E-state index in [1.54, 1.807) is 24.3 Å². The summed E-state index contributed by atoms with van der Waals surface area (Å²) in [4.78, 5) is 19.6. The molecule has 3 aromatic rings. The molecule has 0 spiro atoms. The van der Waals surface area contributed by atoms with Gasteiger partial charge in [0.15, 0.2) is 5.96 Å². The van der Waals surface area contributed by atoms with Gasteiger partial charge < -0.3 is 11.5 Å². The van der Waals surface area contributed by atoms with Crippen LogP contribution in [0.4, 0.5) is 4.39 Å². The summed E-state index contributed by atoms with van der Waals surface area (Å²) in [6.45, 7) is 0. The molecule has 1 aromatic heterocycles. The molecule has 2 aromatic carbocycles. The second kappa shape index (κ2) is 6.25. The van der Waals surface area contributed by atoms with E-state index in [0.717, 1.165) is 6.20 Å². The van der Waals surface area contributed by atoms with Crippen LogP contribution < -0.4 is 11.5 Å². The van der Waals surface area contributed by atoms with Crippen LogP contribution in [0.3, 0.4) is 0 Å². The average molecular weight is 343 g/mol. The van der Waals surface area contributed by atoms with Crippen molar-refractivity contribution in [2.45, 2.75) is 0 Å². The molecule has 0 unspecified atom stereocenters. The maximum Gasteiger partial charge on any atom is 0.280 e. The number of guanidine groups is 1. The second-order valence-electron chi connectivity index (χ2n) is 5.04. The van der Waals surface area contributed by atoms with Crippen LogP contribution in [0.15, 0.2) is 53.7 Å². The first kappa shape index (κ1) is 15.9. The lowest BCUT2D eigenvalue weighted by Gasteiger charge is -2.09. The Morgan fingerprint density at radius 3 is 2.58 bits per heavy atom. The van der Waals surface area contributed by atoms with E-state index in [-0.39, 0.29) is 11.5 Å². The first-order valence-corrected chi connectivity index (χ1v) is 7.32. The number of benzene rings is 2. The number of aliphatic imine (C=N–C) groups is 1. The molecule has 0 bridgehead atoms. The lowest BCUT2D eigenvalue weighted by molar-refractivity contribution is 0.100. The van der Waals surface area contributed by atoms with Crippen molar-refractivity contribution in [2.75, 3.05) is 0 Å². The Morgan fingerprint density at radius 1 is 1.12 bits per heavy atom. The Morgan fingerprint density at radius 2 is 1.88 bits per heavy atom. The molecule has 0 aliphatic carbocycles. The standard InChI is InChI=1S/C17H12ClFN4O/c18-13-4-2-1-3-11(13)15-12-7-9(16(24)23-17(20)21)5-6-10(12)14(19)8-22-15/h1-8H,(H4,20,21,23,24). The average Bonchev–Trinajstić information content (AvgIpc) is 2.55. The zero-order chi connectivity index (χ0) is 17.3. The van der Waals surface area contributed by atoms with E-state index in [1.807, 2.05) is 0 Å². The van der Waals surface area contributed by atoms with Crippen LogP contribution in [0.2, 0.25) is 5.02 Å². The van der Waals surface area contributed by atoms with Crippen molar-refractivity contribution in [1.29, 1.82) is 0 Å². The molecule has 0 aliphatic heterocycles. The third-order valence-corrected chi connectivity index (χ3v) is 3.78. The van der Waals surface area contributed by atoms with E-state index in [9.17, 15) is 9.18 Å². The molecule has 0 saturated carbocycles. The molecule has 0 radical (unpaired) electrons. The molecular weight excluding hydrogens is 331 g/mol. The van der Waals surface area contributed by atoms with Gasteiger partial charge in [-0.3, -0.25) is 9.78 Å². The summed E-state index contributed by atoms with van der Waals surface area (Å²) in [6, 6.07) is 11.5.